The second-order valence-corrected chi connectivity index (χ2v) is 2.71. The van der Waals surface area contributed by atoms with Crippen LogP contribution in [0.4, 0.5) is 0 Å². The highest BCUT2D eigenvalue weighted by Gasteiger charge is 2.05. The molecule has 0 N–H and O–H groups in total. The number of fused-ring (bicyclic) bond motifs is 1. The lowest BCUT2D eigenvalue weighted by Crippen LogP contribution is -2.20. The van der Waals surface area contributed by atoms with Crippen molar-refractivity contribution in [3.05, 3.63) is 28.4 Å². The number of nitrogens with zero attached hydrogens (tertiary/aromatic N) is 4. The summed E-state index contributed by atoms with van der Waals surface area (Å²) in [6.45, 7) is 1.84. The molecule has 12 heavy (non-hydrogen) atoms. The SMILES string of the molecule is Cc1cnn2ncn(C)c(=O)c12. The number of aromatic nitrogens is 4. The molecule has 0 saturated heterocycles. The molecule has 5 heteroatoms. The number of aryl methyl sites for hydroxylation is 2. The Labute approximate surface area is 68.2 Å². The molecule has 0 unspecified atom stereocenters. The van der Waals surface area contributed by atoms with Crippen LogP contribution in [0.1, 0.15) is 5.56 Å². The summed E-state index contributed by atoms with van der Waals surface area (Å²) in [7, 11) is 1.67. The normalized spacial score (nSPS) is 10.8. The number of hydrogen-bond acceptors (Lipinski definition) is 3. The molecule has 0 amide bonds. The predicted octanol–water partition coefficient (Wildman–Crippen LogP) is -0.264. The Bertz CT molecular complexity index is 482. The monoisotopic (exact) mass is 164 g/mol. The predicted molar refractivity (Wildman–Crippen MR) is 43.0 cm³/mol. The summed E-state index contributed by atoms with van der Waals surface area (Å²) >= 11 is 0. The van der Waals surface area contributed by atoms with Crippen molar-refractivity contribution in [2.24, 2.45) is 7.05 Å². The Balaban J connectivity index is 3.06. The van der Waals surface area contributed by atoms with Crippen molar-refractivity contribution in [2.75, 3.05) is 0 Å². The Hall–Kier alpha value is -1.65. The van der Waals surface area contributed by atoms with Gasteiger partial charge in [0.1, 0.15) is 6.33 Å². The van der Waals surface area contributed by atoms with Crippen LogP contribution in [0.25, 0.3) is 5.52 Å². The van der Waals surface area contributed by atoms with Crippen LogP contribution in [0.15, 0.2) is 17.3 Å². The van der Waals surface area contributed by atoms with Crippen molar-refractivity contribution in [3.8, 4) is 0 Å². The average Bonchev–Trinajstić information content (AvgIpc) is 2.41. The van der Waals surface area contributed by atoms with Crippen LogP contribution in [-0.4, -0.2) is 19.4 Å². The number of hydrogen-bond donors (Lipinski definition) is 0. The number of rotatable bonds is 0. The highest BCUT2D eigenvalue weighted by atomic mass is 16.1. The van der Waals surface area contributed by atoms with Gasteiger partial charge in [-0.1, -0.05) is 0 Å². The fourth-order valence-corrected chi connectivity index (χ4v) is 1.11. The Morgan fingerprint density at radius 1 is 1.42 bits per heavy atom. The summed E-state index contributed by atoms with van der Waals surface area (Å²) in [6, 6.07) is 0. The Morgan fingerprint density at radius 3 is 2.92 bits per heavy atom. The van der Waals surface area contributed by atoms with Crippen LogP contribution in [0.5, 0.6) is 0 Å². The maximum Gasteiger partial charge on any atom is 0.279 e. The Kier molecular flexibility index (Phi) is 1.27. The van der Waals surface area contributed by atoms with Gasteiger partial charge in [0.05, 0.1) is 6.20 Å². The van der Waals surface area contributed by atoms with E-state index in [0.717, 1.165) is 5.56 Å². The van der Waals surface area contributed by atoms with E-state index in [0.29, 0.717) is 5.52 Å². The van der Waals surface area contributed by atoms with Gasteiger partial charge in [0.25, 0.3) is 5.56 Å². The van der Waals surface area contributed by atoms with Gasteiger partial charge in [-0.05, 0) is 6.92 Å². The first-order chi connectivity index (χ1) is 5.70. The lowest BCUT2D eigenvalue weighted by Gasteiger charge is -1.95. The molecule has 0 aliphatic carbocycles. The first-order valence-electron chi connectivity index (χ1n) is 3.56. The van der Waals surface area contributed by atoms with E-state index in [9.17, 15) is 4.79 Å². The molecule has 5 nitrogen and oxygen atoms in total. The minimum absolute atomic E-state index is 0.0694. The third-order valence-corrected chi connectivity index (χ3v) is 1.79. The first-order valence-corrected chi connectivity index (χ1v) is 3.56. The van der Waals surface area contributed by atoms with E-state index in [4.69, 9.17) is 0 Å². The van der Waals surface area contributed by atoms with Crippen molar-refractivity contribution >= 4 is 5.52 Å². The topological polar surface area (TPSA) is 52.2 Å². The average molecular weight is 164 g/mol. The third-order valence-electron chi connectivity index (χ3n) is 1.79. The van der Waals surface area contributed by atoms with E-state index in [1.807, 2.05) is 6.92 Å². The van der Waals surface area contributed by atoms with Crippen LogP contribution in [-0.2, 0) is 7.05 Å². The molecule has 0 bridgehead atoms. The highest BCUT2D eigenvalue weighted by molar-refractivity contribution is 5.49. The molecule has 0 aromatic carbocycles. The van der Waals surface area contributed by atoms with Gasteiger partial charge >= 0.3 is 0 Å². The largest absolute Gasteiger partial charge is 0.299 e. The molecular weight excluding hydrogens is 156 g/mol. The molecule has 0 fully saturated rings. The molecule has 2 aromatic heterocycles. The maximum atomic E-state index is 11.5. The molecule has 0 radical (unpaired) electrons. The van der Waals surface area contributed by atoms with Gasteiger partial charge in [-0.3, -0.25) is 9.36 Å². The van der Waals surface area contributed by atoms with Crippen LogP contribution in [0.2, 0.25) is 0 Å². The van der Waals surface area contributed by atoms with E-state index in [1.165, 1.54) is 15.5 Å². The van der Waals surface area contributed by atoms with Crippen LogP contribution < -0.4 is 5.56 Å². The smallest absolute Gasteiger partial charge is 0.279 e. The quantitative estimate of drug-likeness (QED) is 0.539. The molecule has 2 rings (SSSR count). The summed E-state index contributed by atoms with van der Waals surface area (Å²) in [5.41, 5.74) is 1.32. The van der Waals surface area contributed by atoms with E-state index in [2.05, 4.69) is 10.2 Å². The molecule has 0 atom stereocenters. The van der Waals surface area contributed by atoms with Crippen LogP contribution in [0, 0.1) is 6.92 Å². The Morgan fingerprint density at radius 2 is 2.17 bits per heavy atom. The second kappa shape index (κ2) is 2.17. The molecule has 0 aliphatic rings. The van der Waals surface area contributed by atoms with Crippen LogP contribution in [0.3, 0.4) is 0 Å². The van der Waals surface area contributed by atoms with E-state index < -0.39 is 0 Å². The van der Waals surface area contributed by atoms with E-state index >= 15 is 0 Å². The summed E-state index contributed by atoms with van der Waals surface area (Å²) in [5, 5.41) is 7.84. The zero-order valence-electron chi connectivity index (χ0n) is 6.85. The lowest BCUT2D eigenvalue weighted by molar-refractivity contribution is 0.711. The standard InChI is InChI=1S/C7H8N4O/c1-5-3-8-11-6(5)7(12)10(2)4-9-11/h3-4H,1-2H3. The minimum Gasteiger partial charge on any atom is -0.299 e. The van der Waals surface area contributed by atoms with Crippen molar-refractivity contribution in [2.45, 2.75) is 6.92 Å². The van der Waals surface area contributed by atoms with Gasteiger partial charge in [0.15, 0.2) is 5.52 Å². The summed E-state index contributed by atoms with van der Waals surface area (Å²) < 4.78 is 2.78. The van der Waals surface area contributed by atoms with E-state index in [-0.39, 0.29) is 5.56 Å². The van der Waals surface area contributed by atoms with Crippen molar-refractivity contribution in [1.82, 2.24) is 19.4 Å². The maximum absolute atomic E-state index is 11.5. The molecule has 62 valence electrons. The molecule has 0 spiro atoms. The van der Waals surface area contributed by atoms with E-state index in [1.54, 1.807) is 13.2 Å². The second-order valence-electron chi connectivity index (χ2n) is 2.71. The molecular formula is C7H8N4O. The summed E-state index contributed by atoms with van der Waals surface area (Å²) in [5.74, 6) is 0. The van der Waals surface area contributed by atoms with Gasteiger partial charge < -0.3 is 0 Å². The minimum atomic E-state index is -0.0694. The zero-order chi connectivity index (χ0) is 8.72. The van der Waals surface area contributed by atoms with Crippen molar-refractivity contribution in [3.63, 3.8) is 0 Å². The van der Waals surface area contributed by atoms with Gasteiger partial charge in [0.2, 0.25) is 0 Å². The molecule has 2 aromatic rings. The highest BCUT2D eigenvalue weighted by Crippen LogP contribution is 1.99. The van der Waals surface area contributed by atoms with Gasteiger partial charge in [0, 0.05) is 12.6 Å². The van der Waals surface area contributed by atoms with Gasteiger partial charge in [-0.15, -0.1) is 9.73 Å². The molecule has 0 saturated carbocycles. The first kappa shape index (κ1) is 7.02. The van der Waals surface area contributed by atoms with Gasteiger partial charge in [-0.25, -0.2) is 0 Å². The fourth-order valence-electron chi connectivity index (χ4n) is 1.11. The molecule has 0 aliphatic heterocycles. The molecule has 2 heterocycles. The summed E-state index contributed by atoms with van der Waals surface area (Å²) in [6.07, 6.45) is 3.07. The van der Waals surface area contributed by atoms with Crippen molar-refractivity contribution < 1.29 is 0 Å². The zero-order valence-corrected chi connectivity index (χ0v) is 6.85. The van der Waals surface area contributed by atoms with Crippen molar-refractivity contribution in [1.29, 1.82) is 0 Å². The third kappa shape index (κ3) is 0.761. The summed E-state index contributed by atoms with van der Waals surface area (Å²) in [4.78, 5) is 11.5. The lowest BCUT2D eigenvalue weighted by atomic mass is 10.3. The fraction of sp³-hybridized carbons (Fsp3) is 0.286. The van der Waals surface area contributed by atoms with Gasteiger partial charge in [-0.2, -0.15) is 5.10 Å². The van der Waals surface area contributed by atoms with Crippen LogP contribution >= 0.6 is 0 Å².